The van der Waals surface area contributed by atoms with Crippen LogP contribution in [0.3, 0.4) is 0 Å². The Hall–Kier alpha value is -0.770. The van der Waals surface area contributed by atoms with Crippen molar-refractivity contribution in [3.63, 3.8) is 0 Å². The van der Waals surface area contributed by atoms with Gasteiger partial charge in [0.05, 0.1) is 0 Å². The maximum Gasteiger partial charge on any atom is 0.410 e. The highest BCUT2D eigenvalue weighted by atomic mass is 16.6. The van der Waals surface area contributed by atoms with Crippen LogP contribution in [0, 0.1) is 0 Å². The molecule has 18 heavy (non-hydrogen) atoms. The summed E-state index contributed by atoms with van der Waals surface area (Å²) in [7, 11) is 0. The van der Waals surface area contributed by atoms with E-state index in [4.69, 9.17) is 4.74 Å². The first kappa shape index (κ1) is 13.7. The van der Waals surface area contributed by atoms with Crippen LogP contribution in [0.5, 0.6) is 0 Å². The molecule has 2 heterocycles. The number of nitrogens with zero attached hydrogens (tertiary/aromatic N) is 2. The summed E-state index contributed by atoms with van der Waals surface area (Å²) >= 11 is 0. The molecule has 0 aromatic carbocycles. The Kier molecular flexibility index (Phi) is 3.85. The SMILES string of the molecule is C[C@H]1CCCN1[C@@H]1CCN(C(=O)OC(C)(C)C)C1. The molecule has 2 aliphatic heterocycles. The van der Waals surface area contributed by atoms with E-state index in [0.29, 0.717) is 12.1 Å². The average molecular weight is 254 g/mol. The fourth-order valence-corrected chi connectivity index (χ4v) is 3.00. The van der Waals surface area contributed by atoms with E-state index in [9.17, 15) is 4.79 Å². The van der Waals surface area contributed by atoms with Gasteiger partial charge in [0.2, 0.25) is 0 Å². The van der Waals surface area contributed by atoms with Gasteiger partial charge < -0.3 is 9.64 Å². The first-order valence-corrected chi connectivity index (χ1v) is 7.10. The quantitative estimate of drug-likeness (QED) is 0.720. The lowest BCUT2D eigenvalue weighted by Gasteiger charge is -2.29. The molecule has 4 heteroatoms. The zero-order chi connectivity index (χ0) is 13.3. The summed E-state index contributed by atoms with van der Waals surface area (Å²) in [5, 5.41) is 0. The van der Waals surface area contributed by atoms with E-state index in [0.717, 1.165) is 19.5 Å². The molecule has 0 bridgehead atoms. The van der Waals surface area contributed by atoms with E-state index in [-0.39, 0.29) is 6.09 Å². The highest BCUT2D eigenvalue weighted by Gasteiger charge is 2.35. The highest BCUT2D eigenvalue weighted by molar-refractivity contribution is 5.68. The molecule has 0 radical (unpaired) electrons. The van der Waals surface area contributed by atoms with Crippen LogP contribution in [0.25, 0.3) is 0 Å². The minimum absolute atomic E-state index is 0.156. The third-order valence-electron chi connectivity index (χ3n) is 3.89. The van der Waals surface area contributed by atoms with Crippen molar-refractivity contribution in [1.29, 1.82) is 0 Å². The number of carbonyl (C=O) groups excluding carboxylic acids is 1. The first-order valence-electron chi connectivity index (χ1n) is 7.10. The Morgan fingerprint density at radius 1 is 1.22 bits per heavy atom. The van der Waals surface area contributed by atoms with Gasteiger partial charge in [-0.3, -0.25) is 4.90 Å². The van der Waals surface area contributed by atoms with Gasteiger partial charge in [0.1, 0.15) is 5.60 Å². The normalized spacial score (nSPS) is 29.9. The van der Waals surface area contributed by atoms with Gasteiger partial charge >= 0.3 is 6.09 Å². The van der Waals surface area contributed by atoms with E-state index in [1.165, 1.54) is 19.4 Å². The second kappa shape index (κ2) is 5.08. The van der Waals surface area contributed by atoms with Crippen molar-refractivity contribution in [2.75, 3.05) is 19.6 Å². The molecule has 0 aliphatic carbocycles. The predicted octanol–water partition coefficient (Wildman–Crippen LogP) is 2.48. The fourth-order valence-electron chi connectivity index (χ4n) is 3.00. The summed E-state index contributed by atoms with van der Waals surface area (Å²) in [6.45, 7) is 10.9. The Morgan fingerprint density at radius 2 is 1.94 bits per heavy atom. The molecule has 4 nitrogen and oxygen atoms in total. The molecule has 2 aliphatic rings. The smallest absolute Gasteiger partial charge is 0.410 e. The molecule has 2 saturated heterocycles. The van der Waals surface area contributed by atoms with Gasteiger partial charge in [0.25, 0.3) is 0 Å². The lowest BCUT2D eigenvalue weighted by molar-refractivity contribution is 0.0278. The second-order valence-electron chi connectivity index (χ2n) is 6.60. The molecular formula is C14H26N2O2. The lowest BCUT2D eigenvalue weighted by atomic mass is 10.2. The molecule has 2 atom stereocenters. The maximum atomic E-state index is 12.0. The third-order valence-corrected chi connectivity index (χ3v) is 3.89. The Bertz CT molecular complexity index is 311. The molecule has 0 N–H and O–H groups in total. The van der Waals surface area contributed by atoms with Gasteiger partial charge in [-0.2, -0.15) is 0 Å². The summed E-state index contributed by atoms with van der Waals surface area (Å²) in [6, 6.07) is 1.21. The monoisotopic (exact) mass is 254 g/mol. The first-order chi connectivity index (χ1) is 8.37. The predicted molar refractivity (Wildman–Crippen MR) is 71.6 cm³/mol. The van der Waals surface area contributed by atoms with E-state index in [1.807, 2.05) is 25.7 Å². The molecule has 0 aromatic heterocycles. The number of carbonyl (C=O) groups is 1. The summed E-state index contributed by atoms with van der Waals surface area (Å²) in [6.07, 6.45) is 3.52. The van der Waals surface area contributed by atoms with Crippen molar-refractivity contribution in [1.82, 2.24) is 9.80 Å². The zero-order valence-electron chi connectivity index (χ0n) is 12.1. The van der Waals surface area contributed by atoms with Crippen LogP contribution in [0.15, 0.2) is 0 Å². The molecule has 1 amide bonds. The fraction of sp³-hybridized carbons (Fsp3) is 0.929. The highest BCUT2D eigenvalue weighted by Crippen LogP contribution is 2.25. The zero-order valence-corrected chi connectivity index (χ0v) is 12.1. The molecule has 0 aromatic rings. The molecular weight excluding hydrogens is 228 g/mol. The number of hydrogen-bond donors (Lipinski definition) is 0. The number of ether oxygens (including phenoxy) is 1. The van der Waals surface area contributed by atoms with E-state index in [1.54, 1.807) is 0 Å². The average Bonchev–Trinajstić information content (AvgIpc) is 2.82. The Morgan fingerprint density at radius 3 is 2.50 bits per heavy atom. The molecule has 2 fully saturated rings. The summed E-state index contributed by atoms with van der Waals surface area (Å²) in [5.41, 5.74) is -0.393. The molecule has 0 unspecified atom stereocenters. The van der Waals surface area contributed by atoms with Crippen LogP contribution in [0.4, 0.5) is 4.79 Å². The Labute approximate surface area is 110 Å². The van der Waals surface area contributed by atoms with Crippen LogP contribution < -0.4 is 0 Å². The van der Waals surface area contributed by atoms with Gasteiger partial charge in [-0.15, -0.1) is 0 Å². The largest absolute Gasteiger partial charge is 0.444 e. The van der Waals surface area contributed by atoms with Crippen molar-refractivity contribution in [2.45, 2.75) is 64.6 Å². The van der Waals surface area contributed by atoms with Crippen LogP contribution in [0.2, 0.25) is 0 Å². The Balaban J connectivity index is 1.86. The minimum atomic E-state index is -0.393. The molecule has 0 saturated carbocycles. The number of likely N-dealkylation sites (tertiary alicyclic amines) is 2. The van der Waals surface area contributed by atoms with Crippen LogP contribution in [0.1, 0.15) is 47.0 Å². The van der Waals surface area contributed by atoms with Gasteiger partial charge in [-0.1, -0.05) is 0 Å². The topological polar surface area (TPSA) is 32.8 Å². The van der Waals surface area contributed by atoms with Crippen LogP contribution >= 0.6 is 0 Å². The van der Waals surface area contributed by atoms with E-state index in [2.05, 4.69) is 11.8 Å². The summed E-state index contributed by atoms with van der Waals surface area (Å²) in [5.74, 6) is 0. The second-order valence-corrected chi connectivity index (χ2v) is 6.60. The van der Waals surface area contributed by atoms with Crippen molar-refractivity contribution in [2.24, 2.45) is 0 Å². The number of amides is 1. The number of hydrogen-bond acceptors (Lipinski definition) is 3. The minimum Gasteiger partial charge on any atom is -0.444 e. The van der Waals surface area contributed by atoms with Crippen molar-refractivity contribution in [3.05, 3.63) is 0 Å². The lowest BCUT2D eigenvalue weighted by Crippen LogP contribution is -2.41. The van der Waals surface area contributed by atoms with Crippen molar-refractivity contribution in [3.8, 4) is 0 Å². The summed E-state index contributed by atoms with van der Waals surface area (Å²) in [4.78, 5) is 16.4. The van der Waals surface area contributed by atoms with Crippen LogP contribution in [-0.2, 0) is 4.74 Å². The van der Waals surface area contributed by atoms with Crippen LogP contribution in [-0.4, -0.2) is 53.2 Å². The van der Waals surface area contributed by atoms with Crippen molar-refractivity contribution >= 4 is 6.09 Å². The maximum absolute atomic E-state index is 12.0. The standard InChI is InChI=1S/C14H26N2O2/c1-11-6-5-8-16(11)12-7-9-15(10-12)13(17)18-14(2,3)4/h11-12H,5-10H2,1-4H3/t11-,12+/m0/s1. The third kappa shape index (κ3) is 3.16. The van der Waals surface area contributed by atoms with E-state index < -0.39 is 5.60 Å². The molecule has 104 valence electrons. The molecule has 0 spiro atoms. The van der Waals surface area contributed by atoms with E-state index >= 15 is 0 Å². The van der Waals surface area contributed by atoms with Gasteiger partial charge in [0, 0.05) is 25.2 Å². The van der Waals surface area contributed by atoms with Crippen molar-refractivity contribution < 1.29 is 9.53 Å². The van der Waals surface area contributed by atoms with Gasteiger partial charge in [0.15, 0.2) is 0 Å². The molecule has 2 rings (SSSR count). The summed E-state index contributed by atoms with van der Waals surface area (Å²) < 4.78 is 5.43. The number of rotatable bonds is 1. The van der Waals surface area contributed by atoms with Gasteiger partial charge in [-0.25, -0.2) is 4.79 Å². The van der Waals surface area contributed by atoms with Gasteiger partial charge in [-0.05, 0) is 53.5 Å².